The summed E-state index contributed by atoms with van der Waals surface area (Å²) in [6.45, 7) is 9.58. The molecule has 6 heterocycles. The van der Waals surface area contributed by atoms with Gasteiger partial charge in [0.05, 0.1) is 49.2 Å². The van der Waals surface area contributed by atoms with Crippen molar-refractivity contribution in [3.63, 3.8) is 0 Å². The fourth-order valence-corrected chi connectivity index (χ4v) is 10.6. The molecule has 7 atom stereocenters. The third-order valence-electron chi connectivity index (χ3n) is 14.5. The van der Waals surface area contributed by atoms with Gasteiger partial charge in [-0.25, -0.2) is 19.6 Å². The number of ether oxygens (including phenoxy) is 4. The van der Waals surface area contributed by atoms with Gasteiger partial charge in [0.1, 0.15) is 36.1 Å². The van der Waals surface area contributed by atoms with E-state index < -0.39 is 24.3 Å². The molecular weight excluding hydrogens is 829 g/mol. The number of benzene rings is 3. The average molecular weight is 889 g/mol. The number of H-pyrrole nitrogens is 2. The summed E-state index contributed by atoms with van der Waals surface area (Å²) in [5, 5.41) is 7.66. The number of nitrogens with zero attached hydrogens (tertiary/aromatic N) is 4. The molecule has 4 amide bonds. The highest BCUT2D eigenvalue weighted by atomic mass is 16.5. The average Bonchev–Trinajstić information content (AvgIpc) is 4.17. The molecule has 1 unspecified atom stereocenters. The molecule has 16 heteroatoms. The van der Waals surface area contributed by atoms with Crippen LogP contribution in [0.4, 0.5) is 9.59 Å². The first-order valence-corrected chi connectivity index (χ1v) is 23.2. The number of methoxy groups -OCH3 is 2. The number of aromatic nitrogens is 4. The van der Waals surface area contributed by atoms with Crippen molar-refractivity contribution in [3.8, 4) is 28.1 Å². The lowest BCUT2D eigenvalue weighted by Crippen LogP contribution is -2.54. The molecular formula is C49H60N8O8. The van der Waals surface area contributed by atoms with Gasteiger partial charge in [-0.2, -0.15) is 0 Å². The van der Waals surface area contributed by atoms with Gasteiger partial charge >= 0.3 is 12.2 Å². The molecule has 65 heavy (non-hydrogen) atoms. The number of likely N-dealkylation sites (tertiary alicyclic amines) is 2. The molecule has 2 aromatic heterocycles. The molecule has 0 saturated carbocycles. The minimum Gasteiger partial charge on any atom is -0.488 e. The van der Waals surface area contributed by atoms with Gasteiger partial charge in [-0.05, 0) is 110 Å². The molecule has 3 saturated heterocycles. The summed E-state index contributed by atoms with van der Waals surface area (Å²) in [7, 11) is 2.62. The highest BCUT2D eigenvalue weighted by molar-refractivity contribution is 6.07. The molecule has 16 nitrogen and oxygen atoms in total. The number of amides is 4. The van der Waals surface area contributed by atoms with Crippen LogP contribution in [0.15, 0.2) is 48.7 Å². The third kappa shape index (κ3) is 8.25. The second-order valence-electron chi connectivity index (χ2n) is 18.1. The maximum atomic E-state index is 14.5. The topological polar surface area (TPSA) is 193 Å². The van der Waals surface area contributed by atoms with E-state index in [1.165, 1.54) is 14.2 Å². The van der Waals surface area contributed by atoms with Crippen LogP contribution in [0.5, 0.6) is 5.75 Å². The zero-order chi connectivity index (χ0) is 45.5. The smallest absolute Gasteiger partial charge is 0.407 e. The van der Waals surface area contributed by atoms with E-state index in [4.69, 9.17) is 28.9 Å². The molecule has 3 aromatic carbocycles. The summed E-state index contributed by atoms with van der Waals surface area (Å²) in [5.74, 6) is 1.84. The van der Waals surface area contributed by atoms with E-state index in [0.717, 1.165) is 99.9 Å². The van der Waals surface area contributed by atoms with Gasteiger partial charge in [0.15, 0.2) is 0 Å². The molecule has 344 valence electrons. The Bertz CT molecular complexity index is 2600. The number of carbonyl (C=O) groups is 4. The van der Waals surface area contributed by atoms with E-state index in [0.29, 0.717) is 38.5 Å². The summed E-state index contributed by atoms with van der Waals surface area (Å²) < 4.78 is 21.9. The number of aromatic amines is 2. The zero-order valence-corrected chi connectivity index (χ0v) is 38.1. The van der Waals surface area contributed by atoms with Crippen LogP contribution in [-0.2, 0) is 30.4 Å². The molecule has 0 radical (unpaired) electrons. The Morgan fingerprint density at radius 1 is 0.846 bits per heavy atom. The van der Waals surface area contributed by atoms with Gasteiger partial charge in [0.2, 0.25) is 11.8 Å². The molecule has 0 spiro atoms. The fourth-order valence-electron chi connectivity index (χ4n) is 10.6. The number of hydrogen-bond donors (Lipinski definition) is 4. The largest absolute Gasteiger partial charge is 0.488 e. The molecule has 0 aliphatic carbocycles. The predicted octanol–water partition coefficient (Wildman–Crippen LogP) is 8.08. The number of fused-ring (bicyclic) bond motifs is 6. The molecule has 5 aromatic rings. The lowest BCUT2D eigenvalue weighted by molar-refractivity contribution is -0.139. The van der Waals surface area contributed by atoms with Crippen LogP contribution in [0.1, 0.15) is 108 Å². The van der Waals surface area contributed by atoms with Crippen molar-refractivity contribution in [2.45, 2.75) is 122 Å². The summed E-state index contributed by atoms with van der Waals surface area (Å²) in [4.78, 5) is 74.2. The van der Waals surface area contributed by atoms with Crippen LogP contribution in [0, 0.1) is 11.8 Å². The first-order valence-electron chi connectivity index (χ1n) is 23.2. The summed E-state index contributed by atoms with van der Waals surface area (Å²) in [6, 6.07) is 12.7. The Hall–Kier alpha value is -6.16. The Labute approximate surface area is 378 Å². The number of alkyl carbamates (subject to hydrolysis) is 2. The standard InChI is InChI=1S/C49H60N8O8/c1-7-26(3)41(54-48(60)62-5)46(58)56-27(4)9-15-38(56)44-50-24-37(52-44)30-10-13-33-31(21-30)25-65-40-23-34-29(22-35(33)40)11-14-36-43(34)53-45(51-36)39-16-12-32(8-2)57(39)47(59)42(55-49(61)63-6)28-17-19-64-20-18-28/h10-11,13-14,21-24,26-28,32,38-39,41-42H,7-9,12,15-20,25H2,1-6H3,(H,50,52)(H,51,53)(H,54,60)(H,55,61)/t26-,27-,32-,38?,39-,41-,42-/m0/s1. The van der Waals surface area contributed by atoms with Crippen molar-refractivity contribution in [1.82, 2.24) is 40.4 Å². The number of imidazole rings is 2. The second kappa shape index (κ2) is 18.4. The quantitative estimate of drug-likeness (QED) is 0.101. The normalized spacial score (nSPS) is 22.2. The van der Waals surface area contributed by atoms with E-state index in [2.05, 4.69) is 63.9 Å². The SMILES string of the molecule is CC[C@H]1CC[C@@H](c2nc3ccc4cc5c(cc4c3[nH]2)OCc2cc(-c3cnc(C4CC[C@H](C)N4C(=O)[C@@H](NC(=O)OC)[C@@H](C)CC)[nH]3)ccc2-5)N1C(=O)[C@@H](NC(=O)OC)C1CCOCC1. The Balaban J connectivity index is 0.969. The highest BCUT2D eigenvalue weighted by Crippen LogP contribution is 2.44. The first-order chi connectivity index (χ1) is 31.5. The van der Waals surface area contributed by atoms with Crippen LogP contribution in [-0.4, -0.2) is 105 Å². The molecule has 4 aliphatic heterocycles. The van der Waals surface area contributed by atoms with Gasteiger partial charge in [0.25, 0.3) is 0 Å². The fraction of sp³-hybridized carbons (Fsp3) is 0.510. The minimum absolute atomic E-state index is 0.0123. The van der Waals surface area contributed by atoms with Gasteiger partial charge in [-0.1, -0.05) is 45.4 Å². The molecule has 9 rings (SSSR count). The van der Waals surface area contributed by atoms with E-state index in [1.807, 2.05) is 42.8 Å². The predicted molar refractivity (Wildman–Crippen MR) is 244 cm³/mol. The van der Waals surface area contributed by atoms with Gasteiger partial charge in [0, 0.05) is 36.2 Å². The first kappa shape index (κ1) is 44.1. The van der Waals surface area contributed by atoms with Crippen molar-refractivity contribution in [1.29, 1.82) is 0 Å². The van der Waals surface area contributed by atoms with E-state index in [9.17, 15) is 19.2 Å². The van der Waals surface area contributed by atoms with Crippen molar-refractivity contribution < 1.29 is 38.1 Å². The Morgan fingerprint density at radius 2 is 1.60 bits per heavy atom. The molecule has 0 bridgehead atoms. The molecule has 4 N–H and O–H groups in total. The van der Waals surface area contributed by atoms with Gasteiger partial charge in [-0.3, -0.25) is 9.59 Å². The minimum atomic E-state index is -0.721. The highest BCUT2D eigenvalue weighted by Gasteiger charge is 2.45. The van der Waals surface area contributed by atoms with Crippen LogP contribution >= 0.6 is 0 Å². The van der Waals surface area contributed by atoms with Crippen LogP contribution in [0.2, 0.25) is 0 Å². The Kier molecular flexibility index (Phi) is 12.5. The number of nitrogens with one attached hydrogen (secondary N) is 4. The maximum Gasteiger partial charge on any atom is 0.407 e. The number of hydrogen-bond acceptors (Lipinski definition) is 10. The van der Waals surface area contributed by atoms with Crippen molar-refractivity contribution in [2.75, 3.05) is 27.4 Å². The van der Waals surface area contributed by atoms with Crippen LogP contribution < -0.4 is 15.4 Å². The lowest BCUT2D eigenvalue weighted by Gasteiger charge is -2.36. The van der Waals surface area contributed by atoms with E-state index >= 15 is 0 Å². The van der Waals surface area contributed by atoms with Gasteiger partial charge < -0.3 is 49.3 Å². The van der Waals surface area contributed by atoms with E-state index in [1.54, 1.807) is 0 Å². The van der Waals surface area contributed by atoms with Crippen LogP contribution in [0.3, 0.4) is 0 Å². The number of rotatable bonds is 11. The maximum absolute atomic E-state index is 14.5. The van der Waals surface area contributed by atoms with Crippen molar-refractivity contribution >= 4 is 45.8 Å². The summed E-state index contributed by atoms with van der Waals surface area (Å²) in [5.41, 5.74) is 6.62. The summed E-state index contributed by atoms with van der Waals surface area (Å²) >= 11 is 0. The monoisotopic (exact) mass is 888 g/mol. The van der Waals surface area contributed by atoms with E-state index in [-0.39, 0.29) is 47.8 Å². The third-order valence-corrected chi connectivity index (χ3v) is 14.5. The lowest BCUT2D eigenvalue weighted by atomic mass is 9.90. The second-order valence-corrected chi connectivity index (χ2v) is 18.1. The van der Waals surface area contributed by atoms with Crippen molar-refractivity contribution in [3.05, 3.63) is 65.9 Å². The van der Waals surface area contributed by atoms with Gasteiger partial charge in [-0.15, -0.1) is 0 Å². The Morgan fingerprint density at radius 3 is 2.35 bits per heavy atom. The van der Waals surface area contributed by atoms with Crippen molar-refractivity contribution in [2.24, 2.45) is 11.8 Å². The molecule has 4 aliphatic rings. The summed E-state index contributed by atoms with van der Waals surface area (Å²) in [6.07, 6.45) is 6.62. The number of carbonyl (C=O) groups excluding carboxylic acids is 4. The van der Waals surface area contributed by atoms with Crippen LogP contribution in [0.25, 0.3) is 44.2 Å². The molecule has 3 fully saturated rings. The zero-order valence-electron chi connectivity index (χ0n) is 38.1.